The van der Waals surface area contributed by atoms with E-state index in [-0.39, 0.29) is 6.04 Å². The summed E-state index contributed by atoms with van der Waals surface area (Å²) in [6.45, 7) is 6.86. The molecule has 0 bridgehead atoms. The number of nitrogens with two attached hydrogens (primary N) is 1. The standard InChI is InChI=1S/C12H17N3S/c1-8-4-5-16-12(8)11(6-13)15-7-14-9(2)10(15)3/h4-5,7,11H,6,13H2,1-3H3. The van der Waals surface area contributed by atoms with Gasteiger partial charge in [-0.15, -0.1) is 11.3 Å². The monoisotopic (exact) mass is 235 g/mol. The molecule has 0 aromatic carbocycles. The van der Waals surface area contributed by atoms with Crippen LogP contribution in [0.1, 0.15) is 27.9 Å². The number of rotatable bonds is 3. The Morgan fingerprint density at radius 1 is 1.44 bits per heavy atom. The Kier molecular flexibility index (Phi) is 3.12. The Labute approximate surface area is 99.9 Å². The number of hydrogen-bond donors (Lipinski definition) is 1. The highest BCUT2D eigenvalue weighted by Gasteiger charge is 2.17. The van der Waals surface area contributed by atoms with Gasteiger partial charge in [0.25, 0.3) is 0 Å². The number of nitrogens with zero attached hydrogens (tertiary/aromatic N) is 2. The van der Waals surface area contributed by atoms with Crippen LogP contribution in [0, 0.1) is 20.8 Å². The van der Waals surface area contributed by atoms with E-state index >= 15 is 0 Å². The predicted octanol–water partition coefficient (Wildman–Crippen LogP) is 2.42. The summed E-state index contributed by atoms with van der Waals surface area (Å²) in [5.41, 5.74) is 9.49. The Bertz CT molecular complexity index is 484. The van der Waals surface area contributed by atoms with Crippen molar-refractivity contribution in [3.8, 4) is 0 Å². The molecule has 2 aromatic heterocycles. The number of thiophene rings is 1. The van der Waals surface area contributed by atoms with Crippen LogP contribution >= 0.6 is 11.3 Å². The van der Waals surface area contributed by atoms with Crippen LogP contribution in [0.2, 0.25) is 0 Å². The highest BCUT2D eigenvalue weighted by atomic mass is 32.1. The van der Waals surface area contributed by atoms with Crippen LogP contribution in [-0.2, 0) is 0 Å². The lowest BCUT2D eigenvalue weighted by atomic mass is 10.1. The molecule has 0 aliphatic rings. The molecule has 0 aliphatic carbocycles. The lowest BCUT2D eigenvalue weighted by Crippen LogP contribution is -2.20. The van der Waals surface area contributed by atoms with Gasteiger partial charge >= 0.3 is 0 Å². The average molecular weight is 235 g/mol. The van der Waals surface area contributed by atoms with Crippen molar-refractivity contribution >= 4 is 11.3 Å². The molecule has 86 valence electrons. The van der Waals surface area contributed by atoms with Crippen LogP contribution in [0.3, 0.4) is 0 Å². The van der Waals surface area contributed by atoms with E-state index in [4.69, 9.17) is 5.73 Å². The smallest absolute Gasteiger partial charge is 0.0957 e. The molecule has 4 heteroatoms. The topological polar surface area (TPSA) is 43.8 Å². The quantitative estimate of drug-likeness (QED) is 0.888. The molecule has 0 radical (unpaired) electrons. The molecule has 2 rings (SSSR count). The third-order valence-corrected chi connectivity index (χ3v) is 4.17. The molecule has 0 saturated heterocycles. The maximum atomic E-state index is 5.90. The minimum Gasteiger partial charge on any atom is -0.328 e. The normalized spacial score (nSPS) is 13.0. The highest BCUT2D eigenvalue weighted by molar-refractivity contribution is 7.10. The first kappa shape index (κ1) is 11.4. The van der Waals surface area contributed by atoms with Crippen LogP contribution < -0.4 is 5.73 Å². The Morgan fingerprint density at radius 2 is 2.19 bits per heavy atom. The van der Waals surface area contributed by atoms with Crippen LogP contribution in [0.5, 0.6) is 0 Å². The average Bonchev–Trinajstić information content (AvgIpc) is 2.81. The molecule has 2 aromatic rings. The zero-order valence-electron chi connectivity index (χ0n) is 9.90. The molecule has 0 spiro atoms. The molecule has 0 aliphatic heterocycles. The van der Waals surface area contributed by atoms with E-state index in [0.29, 0.717) is 6.54 Å². The second-order valence-electron chi connectivity index (χ2n) is 4.04. The van der Waals surface area contributed by atoms with Gasteiger partial charge in [-0.3, -0.25) is 0 Å². The molecule has 1 unspecified atom stereocenters. The maximum absolute atomic E-state index is 5.90. The second kappa shape index (κ2) is 4.39. The summed E-state index contributed by atoms with van der Waals surface area (Å²) in [7, 11) is 0. The summed E-state index contributed by atoms with van der Waals surface area (Å²) >= 11 is 1.77. The minimum atomic E-state index is 0.223. The van der Waals surface area contributed by atoms with Gasteiger partial charge in [0, 0.05) is 17.1 Å². The first-order valence-corrected chi connectivity index (χ1v) is 6.27. The Morgan fingerprint density at radius 3 is 2.62 bits per heavy atom. The molecule has 2 N–H and O–H groups in total. The van der Waals surface area contributed by atoms with Crippen LogP contribution in [0.15, 0.2) is 17.8 Å². The summed E-state index contributed by atoms with van der Waals surface area (Å²) in [5, 5.41) is 2.12. The summed E-state index contributed by atoms with van der Waals surface area (Å²) in [4.78, 5) is 5.67. The van der Waals surface area contributed by atoms with Gasteiger partial charge in [-0.25, -0.2) is 4.98 Å². The van der Waals surface area contributed by atoms with E-state index in [1.54, 1.807) is 11.3 Å². The highest BCUT2D eigenvalue weighted by Crippen LogP contribution is 2.27. The van der Waals surface area contributed by atoms with E-state index in [1.165, 1.54) is 16.1 Å². The van der Waals surface area contributed by atoms with Crippen LogP contribution in [0.4, 0.5) is 0 Å². The summed E-state index contributed by atoms with van der Waals surface area (Å²) in [6, 6.07) is 2.36. The molecule has 0 amide bonds. The van der Waals surface area contributed by atoms with E-state index in [9.17, 15) is 0 Å². The Hall–Kier alpha value is -1.13. The second-order valence-corrected chi connectivity index (χ2v) is 4.99. The van der Waals surface area contributed by atoms with E-state index in [0.717, 1.165) is 5.69 Å². The van der Waals surface area contributed by atoms with Gasteiger partial charge in [0.1, 0.15) is 0 Å². The van der Waals surface area contributed by atoms with Gasteiger partial charge in [-0.1, -0.05) is 0 Å². The van der Waals surface area contributed by atoms with Gasteiger partial charge in [0.15, 0.2) is 0 Å². The van der Waals surface area contributed by atoms with Crippen molar-refractivity contribution in [1.29, 1.82) is 0 Å². The summed E-state index contributed by atoms with van der Waals surface area (Å²) in [5.74, 6) is 0. The largest absolute Gasteiger partial charge is 0.328 e. The molecule has 16 heavy (non-hydrogen) atoms. The van der Waals surface area contributed by atoms with E-state index in [2.05, 4.69) is 34.8 Å². The molecule has 2 heterocycles. The minimum absolute atomic E-state index is 0.223. The predicted molar refractivity (Wildman–Crippen MR) is 68.0 cm³/mol. The van der Waals surface area contributed by atoms with Crippen molar-refractivity contribution in [1.82, 2.24) is 9.55 Å². The van der Waals surface area contributed by atoms with Crippen molar-refractivity contribution in [3.63, 3.8) is 0 Å². The molecular formula is C12H17N3S. The zero-order valence-corrected chi connectivity index (χ0v) is 10.7. The number of aryl methyl sites for hydroxylation is 2. The first-order valence-electron chi connectivity index (χ1n) is 5.39. The van der Waals surface area contributed by atoms with Crippen molar-refractivity contribution < 1.29 is 0 Å². The first-order chi connectivity index (χ1) is 7.65. The molecular weight excluding hydrogens is 218 g/mol. The van der Waals surface area contributed by atoms with Gasteiger partial charge in [0.05, 0.1) is 18.1 Å². The van der Waals surface area contributed by atoms with Crippen molar-refractivity contribution in [2.45, 2.75) is 26.8 Å². The van der Waals surface area contributed by atoms with Crippen molar-refractivity contribution in [2.24, 2.45) is 5.73 Å². The van der Waals surface area contributed by atoms with Gasteiger partial charge in [-0.05, 0) is 37.8 Å². The van der Waals surface area contributed by atoms with E-state index < -0.39 is 0 Å². The van der Waals surface area contributed by atoms with Crippen molar-refractivity contribution in [3.05, 3.63) is 39.6 Å². The third-order valence-electron chi connectivity index (χ3n) is 3.05. The van der Waals surface area contributed by atoms with Crippen LogP contribution in [-0.4, -0.2) is 16.1 Å². The zero-order chi connectivity index (χ0) is 11.7. The fraction of sp³-hybridized carbons (Fsp3) is 0.417. The maximum Gasteiger partial charge on any atom is 0.0957 e. The summed E-state index contributed by atoms with van der Waals surface area (Å²) < 4.78 is 2.17. The molecule has 3 nitrogen and oxygen atoms in total. The lowest BCUT2D eigenvalue weighted by molar-refractivity contribution is 0.587. The molecule has 0 fully saturated rings. The van der Waals surface area contributed by atoms with Crippen molar-refractivity contribution in [2.75, 3.05) is 6.54 Å². The van der Waals surface area contributed by atoms with Gasteiger partial charge in [-0.2, -0.15) is 0 Å². The Balaban J connectivity index is 2.45. The fourth-order valence-electron chi connectivity index (χ4n) is 1.90. The fourth-order valence-corrected chi connectivity index (χ4v) is 2.94. The van der Waals surface area contributed by atoms with Crippen LogP contribution in [0.25, 0.3) is 0 Å². The number of hydrogen-bond acceptors (Lipinski definition) is 3. The van der Waals surface area contributed by atoms with E-state index in [1.807, 2.05) is 13.3 Å². The number of imidazole rings is 1. The SMILES string of the molecule is Cc1ccsc1C(CN)n1cnc(C)c1C. The third kappa shape index (κ3) is 1.79. The number of aromatic nitrogens is 2. The van der Waals surface area contributed by atoms with Gasteiger partial charge in [0.2, 0.25) is 0 Å². The lowest BCUT2D eigenvalue weighted by Gasteiger charge is -2.18. The molecule has 1 atom stereocenters. The molecule has 0 saturated carbocycles. The van der Waals surface area contributed by atoms with Gasteiger partial charge < -0.3 is 10.3 Å². The summed E-state index contributed by atoms with van der Waals surface area (Å²) in [6.07, 6.45) is 1.89.